The van der Waals surface area contributed by atoms with Crippen molar-refractivity contribution in [3.63, 3.8) is 0 Å². The van der Waals surface area contributed by atoms with Crippen LogP contribution in [0.25, 0.3) is 0 Å². The molecule has 2 aromatic rings. The summed E-state index contributed by atoms with van der Waals surface area (Å²) in [4.78, 5) is 23.4. The largest absolute Gasteiger partial charge is 0.489 e. The smallest absolute Gasteiger partial charge is 0.313 e. The van der Waals surface area contributed by atoms with Gasteiger partial charge in [0.1, 0.15) is 12.4 Å². The minimum absolute atomic E-state index is 0.310. The number of carboxylic acid groups (broad SMARTS) is 1. The molecule has 0 bridgehead atoms. The molecule has 3 rings (SSSR count). The molecule has 1 saturated carbocycles. The molecule has 1 aliphatic carbocycles. The van der Waals surface area contributed by atoms with Crippen LogP contribution in [0, 0.1) is 11.3 Å². The van der Waals surface area contributed by atoms with E-state index < -0.39 is 23.3 Å². The van der Waals surface area contributed by atoms with Crippen molar-refractivity contribution in [2.45, 2.75) is 19.4 Å². The Kier molecular flexibility index (Phi) is 4.74. The lowest BCUT2D eigenvalue weighted by molar-refractivity contribution is -0.151. The number of hydrogen-bond donors (Lipinski definition) is 1. The van der Waals surface area contributed by atoms with Crippen LogP contribution in [0.4, 0.5) is 0 Å². The predicted octanol–water partition coefficient (Wildman–Crippen LogP) is 3.07. The Hall–Kier alpha value is -2.82. The van der Waals surface area contributed by atoms with Crippen LogP contribution in [0.15, 0.2) is 54.6 Å². The molecular formula is C20H20O5. The third-order valence-electron chi connectivity index (χ3n) is 4.63. The van der Waals surface area contributed by atoms with E-state index in [2.05, 4.69) is 0 Å². The summed E-state index contributed by atoms with van der Waals surface area (Å²) in [7, 11) is 1.29. The van der Waals surface area contributed by atoms with Crippen LogP contribution in [-0.4, -0.2) is 24.2 Å². The second kappa shape index (κ2) is 6.97. The highest BCUT2D eigenvalue weighted by molar-refractivity contribution is 5.90. The first-order valence-electron chi connectivity index (χ1n) is 8.12. The van der Waals surface area contributed by atoms with Crippen LogP contribution in [0.2, 0.25) is 0 Å². The molecule has 5 nitrogen and oxygen atoms in total. The number of carbonyl (C=O) groups is 2. The van der Waals surface area contributed by atoms with Crippen molar-refractivity contribution in [2.24, 2.45) is 11.3 Å². The molecule has 25 heavy (non-hydrogen) atoms. The van der Waals surface area contributed by atoms with Gasteiger partial charge < -0.3 is 14.6 Å². The van der Waals surface area contributed by atoms with Crippen LogP contribution >= 0.6 is 0 Å². The Morgan fingerprint density at radius 3 is 2.48 bits per heavy atom. The third kappa shape index (κ3) is 3.65. The maximum atomic E-state index is 12.1. The second-order valence-electron chi connectivity index (χ2n) is 6.34. The molecule has 0 aromatic heterocycles. The summed E-state index contributed by atoms with van der Waals surface area (Å²) < 4.78 is 10.6. The summed E-state index contributed by atoms with van der Waals surface area (Å²) in [5.41, 5.74) is 0.963. The zero-order valence-electron chi connectivity index (χ0n) is 14.0. The van der Waals surface area contributed by atoms with Crippen molar-refractivity contribution in [1.82, 2.24) is 0 Å². The third-order valence-corrected chi connectivity index (χ3v) is 4.63. The molecule has 0 aliphatic heterocycles. The topological polar surface area (TPSA) is 72.8 Å². The lowest BCUT2D eigenvalue weighted by atomic mass is 9.93. The van der Waals surface area contributed by atoms with Gasteiger partial charge in [-0.05, 0) is 36.1 Å². The van der Waals surface area contributed by atoms with Gasteiger partial charge in [0.15, 0.2) is 0 Å². The molecule has 1 N–H and O–H groups in total. The lowest BCUT2D eigenvalue weighted by Crippen LogP contribution is -2.25. The first-order chi connectivity index (χ1) is 12.0. The first-order valence-corrected chi connectivity index (χ1v) is 8.12. The van der Waals surface area contributed by atoms with Crippen molar-refractivity contribution < 1.29 is 24.2 Å². The zero-order chi connectivity index (χ0) is 17.9. The highest BCUT2D eigenvalue weighted by atomic mass is 16.5. The van der Waals surface area contributed by atoms with E-state index in [4.69, 9.17) is 9.47 Å². The van der Waals surface area contributed by atoms with Crippen molar-refractivity contribution in [3.8, 4) is 5.75 Å². The average molecular weight is 340 g/mol. The van der Waals surface area contributed by atoms with Gasteiger partial charge in [0.05, 0.1) is 18.4 Å². The van der Waals surface area contributed by atoms with Gasteiger partial charge in [-0.2, -0.15) is 0 Å². The van der Waals surface area contributed by atoms with E-state index in [9.17, 15) is 14.7 Å². The van der Waals surface area contributed by atoms with Gasteiger partial charge in [-0.1, -0.05) is 42.5 Å². The van der Waals surface area contributed by atoms with E-state index in [1.807, 2.05) is 54.6 Å². The Morgan fingerprint density at radius 2 is 1.84 bits per heavy atom. The number of hydrogen-bond acceptors (Lipinski definition) is 4. The Balaban J connectivity index is 1.71. The van der Waals surface area contributed by atoms with Gasteiger partial charge in [0, 0.05) is 0 Å². The SMILES string of the molecule is COC(=O)C1(Cc2cccc(OCc3ccccc3)c2)CC1C(=O)O. The summed E-state index contributed by atoms with van der Waals surface area (Å²) >= 11 is 0. The van der Waals surface area contributed by atoms with Crippen LogP contribution in [0.3, 0.4) is 0 Å². The summed E-state index contributed by atoms with van der Waals surface area (Å²) in [6, 6.07) is 17.2. The summed E-state index contributed by atoms with van der Waals surface area (Å²) in [6.07, 6.45) is 0.642. The molecule has 2 unspecified atom stereocenters. The second-order valence-corrected chi connectivity index (χ2v) is 6.34. The van der Waals surface area contributed by atoms with Crippen molar-refractivity contribution >= 4 is 11.9 Å². The normalized spacial score (nSPS) is 21.4. The van der Waals surface area contributed by atoms with Crippen molar-refractivity contribution in [1.29, 1.82) is 0 Å². The average Bonchev–Trinajstić information content (AvgIpc) is 3.36. The lowest BCUT2D eigenvalue weighted by Gasteiger charge is -2.15. The molecular weight excluding hydrogens is 320 g/mol. The van der Waals surface area contributed by atoms with Gasteiger partial charge in [0.25, 0.3) is 0 Å². The van der Waals surface area contributed by atoms with Crippen molar-refractivity contribution in [2.75, 3.05) is 7.11 Å². The van der Waals surface area contributed by atoms with Crippen LogP contribution in [0.1, 0.15) is 17.5 Å². The Bertz CT molecular complexity index is 771. The zero-order valence-corrected chi connectivity index (χ0v) is 14.0. The fourth-order valence-electron chi connectivity index (χ4n) is 3.18. The molecule has 1 aliphatic rings. The number of carbonyl (C=O) groups excluding carboxylic acids is 1. The standard InChI is InChI=1S/C20H20O5/c1-24-19(23)20(12-17(20)18(21)22)11-15-8-5-9-16(10-15)25-13-14-6-3-2-4-7-14/h2-10,17H,11-13H2,1H3,(H,21,22). The molecule has 0 amide bonds. The number of carboxylic acids is 1. The maximum absolute atomic E-state index is 12.1. The summed E-state index contributed by atoms with van der Waals surface area (Å²) in [5.74, 6) is -1.42. The summed E-state index contributed by atoms with van der Waals surface area (Å²) in [5, 5.41) is 9.24. The highest BCUT2D eigenvalue weighted by Gasteiger charge is 2.64. The molecule has 5 heteroatoms. The minimum atomic E-state index is -0.960. The number of benzene rings is 2. The van der Waals surface area contributed by atoms with E-state index in [-0.39, 0.29) is 0 Å². The molecule has 0 saturated heterocycles. The number of esters is 1. The Morgan fingerprint density at radius 1 is 1.12 bits per heavy atom. The van der Waals surface area contributed by atoms with Gasteiger partial charge in [-0.25, -0.2) is 0 Å². The van der Waals surface area contributed by atoms with Gasteiger partial charge in [-0.3, -0.25) is 9.59 Å². The maximum Gasteiger partial charge on any atom is 0.313 e. The molecule has 2 aromatic carbocycles. The van der Waals surface area contributed by atoms with Crippen LogP contribution in [-0.2, 0) is 27.4 Å². The van der Waals surface area contributed by atoms with Gasteiger partial charge >= 0.3 is 11.9 Å². The molecule has 0 spiro atoms. The fourth-order valence-corrected chi connectivity index (χ4v) is 3.18. The quantitative estimate of drug-likeness (QED) is 0.784. The monoisotopic (exact) mass is 340 g/mol. The Labute approximate surface area is 146 Å². The predicted molar refractivity (Wildman–Crippen MR) is 91.1 cm³/mol. The molecule has 0 heterocycles. The molecule has 130 valence electrons. The number of ether oxygens (including phenoxy) is 2. The molecule has 0 radical (unpaired) electrons. The number of rotatable bonds is 7. The van der Waals surface area contributed by atoms with E-state index in [0.29, 0.717) is 25.2 Å². The van der Waals surface area contributed by atoms with E-state index >= 15 is 0 Å². The number of aliphatic carboxylic acids is 1. The van der Waals surface area contributed by atoms with E-state index in [0.717, 1.165) is 11.1 Å². The number of methoxy groups -OCH3 is 1. The van der Waals surface area contributed by atoms with E-state index in [1.54, 1.807) is 0 Å². The minimum Gasteiger partial charge on any atom is -0.489 e. The van der Waals surface area contributed by atoms with Gasteiger partial charge in [0.2, 0.25) is 0 Å². The molecule has 2 atom stereocenters. The van der Waals surface area contributed by atoms with Gasteiger partial charge in [-0.15, -0.1) is 0 Å². The first kappa shape index (κ1) is 17.0. The fraction of sp³-hybridized carbons (Fsp3) is 0.300. The van der Waals surface area contributed by atoms with Crippen molar-refractivity contribution in [3.05, 3.63) is 65.7 Å². The van der Waals surface area contributed by atoms with Crippen LogP contribution < -0.4 is 4.74 Å². The highest BCUT2D eigenvalue weighted by Crippen LogP contribution is 2.55. The molecule has 1 fully saturated rings. The van der Waals surface area contributed by atoms with E-state index in [1.165, 1.54) is 7.11 Å². The van der Waals surface area contributed by atoms with Crippen LogP contribution in [0.5, 0.6) is 5.75 Å². The summed E-state index contributed by atoms with van der Waals surface area (Å²) in [6.45, 7) is 0.449.